The number of rotatable bonds is 3. The number of benzene rings is 1. The minimum absolute atomic E-state index is 0.0296. The van der Waals surface area contributed by atoms with Gasteiger partial charge in [0.2, 0.25) is 0 Å². The molecule has 5 nitrogen and oxygen atoms in total. The zero-order valence-corrected chi connectivity index (χ0v) is 19.3. The topological polar surface area (TPSA) is 72.8 Å². The summed E-state index contributed by atoms with van der Waals surface area (Å²) in [5, 5.41) is 9.68. The fraction of sp³-hybridized carbons (Fsp3) is 0.520. The van der Waals surface area contributed by atoms with E-state index in [0.717, 1.165) is 16.6 Å². The molecule has 1 atom stereocenters. The zero-order chi connectivity index (χ0) is 23.0. The minimum atomic E-state index is -1.03. The monoisotopic (exact) mass is 424 g/mol. The molecule has 0 amide bonds. The van der Waals surface area contributed by atoms with Crippen molar-refractivity contribution in [1.82, 2.24) is 0 Å². The van der Waals surface area contributed by atoms with Crippen molar-refractivity contribution in [3.8, 4) is 0 Å². The van der Waals surface area contributed by atoms with E-state index in [2.05, 4.69) is 6.58 Å². The lowest BCUT2D eigenvalue weighted by atomic mass is 9.76. The summed E-state index contributed by atoms with van der Waals surface area (Å²) in [5.74, 6) is -0.292. The summed E-state index contributed by atoms with van der Waals surface area (Å²) in [5.41, 5.74) is 2.88. The molecule has 0 spiro atoms. The third-order valence-corrected chi connectivity index (χ3v) is 6.67. The van der Waals surface area contributed by atoms with Crippen LogP contribution in [0.2, 0.25) is 0 Å². The van der Waals surface area contributed by atoms with E-state index in [0.29, 0.717) is 43.3 Å². The highest BCUT2D eigenvalue weighted by Gasteiger charge is 2.51. The largest absolute Gasteiger partial charge is 0.494 e. The van der Waals surface area contributed by atoms with Crippen LogP contribution in [0.5, 0.6) is 0 Å². The molecule has 1 fully saturated rings. The highest BCUT2D eigenvalue weighted by molar-refractivity contribution is 6.62. The molecule has 3 rings (SSSR count). The second kappa shape index (κ2) is 8.85. The van der Waals surface area contributed by atoms with Crippen LogP contribution in [0.4, 0.5) is 0 Å². The normalized spacial score (nSPS) is 24.1. The molecule has 1 N–H and O–H groups in total. The van der Waals surface area contributed by atoms with Crippen LogP contribution < -0.4 is 5.46 Å². The van der Waals surface area contributed by atoms with Gasteiger partial charge in [0, 0.05) is 12.0 Å². The van der Waals surface area contributed by atoms with E-state index < -0.39 is 24.4 Å². The smallest absolute Gasteiger partial charge is 0.399 e. The maximum atomic E-state index is 12.8. The summed E-state index contributed by atoms with van der Waals surface area (Å²) in [6.45, 7) is 13.6. The molecule has 0 aromatic heterocycles. The fourth-order valence-corrected chi connectivity index (χ4v) is 3.96. The lowest BCUT2D eigenvalue weighted by molar-refractivity contribution is -0.122. The molecule has 166 valence electrons. The molecule has 6 heteroatoms. The lowest BCUT2D eigenvalue weighted by Crippen LogP contribution is -2.41. The SMILES string of the molecule is C=C1C(=O)CCC/C(C(=O)[C@@H](C)O)=C/CCc2ccc(B3OC(C)(C)C(C)(C)O3)cc21. The Balaban J connectivity index is 1.93. The second-order valence-corrected chi connectivity index (χ2v) is 9.57. The van der Waals surface area contributed by atoms with Crippen molar-refractivity contribution in [1.29, 1.82) is 0 Å². The Morgan fingerprint density at radius 2 is 1.77 bits per heavy atom. The second-order valence-electron chi connectivity index (χ2n) is 9.57. The summed E-state index contributed by atoms with van der Waals surface area (Å²) >= 11 is 0. The molecule has 1 aliphatic heterocycles. The van der Waals surface area contributed by atoms with Gasteiger partial charge in [-0.1, -0.05) is 30.9 Å². The van der Waals surface area contributed by atoms with Crippen molar-refractivity contribution < 1.29 is 24.0 Å². The van der Waals surface area contributed by atoms with Gasteiger partial charge in [0.1, 0.15) is 6.10 Å². The Kier molecular flexibility index (Phi) is 6.75. The number of ketones is 2. The van der Waals surface area contributed by atoms with E-state index in [1.54, 1.807) is 0 Å². The van der Waals surface area contributed by atoms with Gasteiger partial charge in [0.25, 0.3) is 0 Å². The first kappa shape index (κ1) is 23.6. The maximum absolute atomic E-state index is 12.8. The van der Waals surface area contributed by atoms with Gasteiger partial charge >= 0.3 is 7.12 Å². The number of carbonyl (C=O) groups excluding carboxylic acids is 2. The van der Waals surface area contributed by atoms with Crippen LogP contribution in [-0.2, 0) is 25.3 Å². The van der Waals surface area contributed by atoms with E-state index in [-0.39, 0.29) is 11.6 Å². The molecule has 0 bridgehead atoms. The number of aliphatic hydroxyl groups excluding tert-OH is 1. The van der Waals surface area contributed by atoms with Crippen molar-refractivity contribution in [3.63, 3.8) is 0 Å². The Morgan fingerprint density at radius 1 is 1.13 bits per heavy atom. The minimum Gasteiger partial charge on any atom is -0.399 e. The number of aliphatic hydroxyl groups is 1. The van der Waals surface area contributed by atoms with Crippen molar-refractivity contribution in [2.45, 2.75) is 84.0 Å². The first-order valence-corrected chi connectivity index (χ1v) is 11.0. The predicted octanol–water partition coefficient (Wildman–Crippen LogP) is 3.56. The summed E-state index contributed by atoms with van der Waals surface area (Å²) in [4.78, 5) is 25.1. The third-order valence-electron chi connectivity index (χ3n) is 6.67. The highest BCUT2D eigenvalue weighted by atomic mass is 16.7. The molecule has 0 radical (unpaired) electrons. The average molecular weight is 424 g/mol. The van der Waals surface area contributed by atoms with Gasteiger partial charge in [-0.3, -0.25) is 9.59 Å². The highest BCUT2D eigenvalue weighted by Crippen LogP contribution is 2.37. The Bertz CT molecular complexity index is 910. The van der Waals surface area contributed by atoms with Crippen LogP contribution in [0, 0.1) is 0 Å². The van der Waals surface area contributed by atoms with E-state index in [1.807, 2.05) is 52.0 Å². The quantitative estimate of drug-likeness (QED) is 0.594. The lowest BCUT2D eigenvalue weighted by Gasteiger charge is -2.32. The maximum Gasteiger partial charge on any atom is 0.494 e. The number of allylic oxidation sites excluding steroid dienone is 2. The summed E-state index contributed by atoms with van der Waals surface area (Å²) in [6, 6.07) is 5.93. The Hall–Kier alpha value is -2.02. The average Bonchev–Trinajstić information content (AvgIpc) is 2.90. The molecule has 31 heavy (non-hydrogen) atoms. The molecule has 1 aromatic rings. The van der Waals surface area contributed by atoms with Gasteiger partial charge < -0.3 is 14.4 Å². The van der Waals surface area contributed by atoms with Gasteiger partial charge in [-0.25, -0.2) is 0 Å². The number of hydrogen-bond donors (Lipinski definition) is 1. The van der Waals surface area contributed by atoms with Crippen molar-refractivity contribution in [3.05, 3.63) is 47.6 Å². The number of aryl methyl sites for hydroxylation is 1. The van der Waals surface area contributed by atoms with Crippen molar-refractivity contribution in [2.24, 2.45) is 0 Å². The van der Waals surface area contributed by atoms with Gasteiger partial charge in [0.05, 0.1) is 11.2 Å². The fourth-order valence-electron chi connectivity index (χ4n) is 3.96. The number of Topliss-reactive ketones (excluding diaryl/α,β-unsaturated/α-hetero) is 2. The summed E-state index contributed by atoms with van der Waals surface area (Å²) < 4.78 is 12.4. The van der Waals surface area contributed by atoms with Crippen LogP contribution in [0.25, 0.3) is 5.57 Å². The first-order chi connectivity index (χ1) is 14.4. The van der Waals surface area contributed by atoms with Gasteiger partial charge in [-0.15, -0.1) is 0 Å². The number of fused-ring (bicyclic) bond motifs is 1. The van der Waals surface area contributed by atoms with E-state index in [9.17, 15) is 14.7 Å². The van der Waals surface area contributed by atoms with Gasteiger partial charge in [0.15, 0.2) is 11.6 Å². The summed E-state index contributed by atoms with van der Waals surface area (Å²) in [6.07, 6.45) is 3.53. The third kappa shape index (κ3) is 4.92. The van der Waals surface area contributed by atoms with E-state index >= 15 is 0 Å². The van der Waals surface area contributed by atoms with Gasteiger partial charge in [-0.05, 0) is 82.5 Å². The molecule has 0 saturated carbocycles. The Morgan fingerprint density at radius 3 is 2.39 bits per heavy atom. The predicted molar refractivity (Wildman–Crippen MR) is 123 cm³/mol. The molecule has 1 aliphatic carbocycles. The standard InChI is InChI=1S/C25H33BO5/c1-16-21-15-20(26-30-24(3,4)25(5,6)31-26)14-13-18(21)9-7-10-19(23(29)17(2)27)11-8-12-22(16)28/h10,13-15,17,27H,1,7-9,11-12H2,2-6H3/b19-10-/t17-/m1/s1. The van der Waals surface area contributed by atoms with E-state index in [4.69, 9.17) is 9.31 Å². The first-order valence-electron chi connectivity index (χ1n) is 11.0. The molecule has 0 unspecified atom stereocenters. The van der Waals surface area contributed by atoms with Crippen molar-refractivity contribution in [2.75, 3.05) is 0 Å². The molecule has 1 saturated heterocycles. The van der Waals surface area contributed by atoms with Gasteiger partial charge in [-0.2, -0.15) is 0 Å². The van der Waals surface area contributed by atoms with Crippen LogP contribution in [0.3, 0.4) is 0 Å². The number of carbonyl (C=O) groups is 2. The van der Waals surface area contributed by atoms with Crippen LogP contribution in [0.15, 0.2) is 36.4 Å². The molecular weight excluding hydrogens is 391 g/mol. The Labute approximate surface area is 185 Å². The molecular formula is C25H33BO5. The van der Waals surface area contributed by atoms with Crippen molar-refractivity contribution >= 4 is 29.7 Å². The molecule has 1 aromatic carbocycles. The van der Waals surface area contributed by atoms with Crippen LogP contribution >= 0.6 is 0 Å². The molecule has 2 aliphatic rings. The van der Waals surface area contributed by atoms with Crippen LogP contribution in [0.1, 0.15) is 71.4 Å². The number of hydrogen-bond acceptors (Lipinski definition) is 5. The summed E-state index contributed by atoms with van der Waals surface area (Å²) in [7, 11) is -0.508. The van der Waals surface area contributed by atoms with Crippen LogP contribution in [-0.4, -0.2) is 41.1 Å². The molecule has 1 heterocycles. The van der Waals surface area contributed by atoms with E-state index in [1.165, 1.54) is 6.92 Å². The zero-order valence-electron chi connectivity index (χ0n) is 19.3.